The highest BCUT2D eigenvalue weighted by Gasteiger charge is 2.39. The van der Waals surface area contributed by atoms with Gasteiger partial charge in [0.05, 0.1) is 4.90 Å². The zero-order chi connectivity index (χ0) is 20.3. The summed E-state index contributed by atoms with van der Waals surface area (Å²) >= 11 is 0. The summed E-state index contributed by atoms with van der Waals surface area (Å²) in [6, 6.07) is 3.74. The first-order valence-corrected chi connectivity index (χ1v) is 10.9. The number of benzene rings is 1. The van der Waals surface area contributed by atoms with E-state index in [1.54, 1.807) is 11.8 Å². The molecule has 1 aromatic rings. The van der Waals surface area contributed by atoms with E-state index in [0.29, 0.717) is 31.7 Å². The van der Waals surface area contributed by atoms with Crippen LogP contribution in [0.4, 0.5) is 4.39 Å². The number of hydrogen-bond donors (Lipinski definition) is 0. The quantitative estimate of drug-likeness (QED) is 0.706. The summed E-state index contributed by atoms with van der Waals surface area (Å²) in [5, 5.41) is 0. The molecule has 1 unspecified atom stereocenters. The molecule has 0 spiro atoms. The number of aryl methyl sites for hydroxylation is 1. The van der Waals surface area contributed by atoms with Crippen LogP contribution in [-0.4, -0.2) is 75.6 Å². The Morgan fingerprint density at radius 2 is 2.00 bits per heavy atom. The van der Waals surface area contributed by atoms with E-state index in [1.807, 2.05) is 0 Å². The van der Waals surface area contributed by atoms with Crippen LogP contribution >= 0.6 is 0 Å². The zero-order valence-corrected chi connectivity index (χ0v) is 17.1. The third kappa shape index (κ3) is 4.37. The predicted molar refractivity (Wildman–Crippen MR) is 101 cm³/mol. The van der Waals surface area contributed by atoms with Crippen molar-refractivity contribution < 1.29 is 27.1 Å². The fraction of sp³-hybridized carbons (Fsp3) is 0.632. The third-order valence-electron chi connectivity index (χ3n) is 5.44. The highest BCUT2D eigenvalue weighted by Crippen LogP contribution is 2.28. The summed E-state index contributed by atoms with van der Waals surface area (Å²) in [6.45, 7) is 3.21. The second kappa shape index (κ2) is 8.86. The van der Waals surface area contributed by atoms with Crippen molar-refractivity contribution in [2.75, 3.05) is 40.0 Å². The number of carbonyl (C=O) groups excluding carboxylic acids is 1. The second-order valence-corrected chi connectivity index (χ2v) is 9.23. The molecule has 0 aliphatic carbocycles. The molecule has 0 aromatic heterocycles. The minimum atomic E-state index is -3.81. The first kappa shape index (κ1) is 21.2. The van der Waals surface area contributed by atoms with Gasteiger partial charge in [0, 0.05) is 45.5 Å². The van der Waals surface area contributed by atoms with Gasteiger partial charge >= 0.3 is 0 Å². The van der Waals surface area contributed by atoms with Gasteiger partial charge in [0.25, 0.3) is 0 Å². The highest BCUT2D eigenvalue weighted by atomic mass is 32.2. The number of sulfonamides is 1. The lowest BCUT2D eigenvalue weighted by atomic mass is 10.0. The minimum absolute atomic E-state index is 0.0147. The summed E-state index contributed by atoms with van der Waals surface area (Å²) in [5.74, 6) is -0.684. The second-order valence-electron chi connectivity index (χ2n) is 7.29. The van der Waals surface area contributed by atoms with Gasteiger partial charge in [0.1, 0.15) is 12.4 Å². The number of carbonyl (C=O) groups is 1. The van der Waals surface area contributed by atoms with Crippen molar-refractivity contribution >= 4 is 15.9 Å². The third-order valence-corrected chi connectivity index (χ3v) is 7.30. The molecule has 7 nitrogen and oxygen atoms in total. The summed E-state index contributed by atoms with van der Waals surface area (Å²) in [7, 11) is -2.34. The van der Waals surface area contributed by atoms with Crippen molar-refractivity contribution in [1.82, 2.24) is 9.21 Å². The van der Waals surface area contributed by atoms with Gasteiger partial charge in [-0.2, -0.15) is 4.31 Å². The summed E-state index contributed by atoms with van der Waals surface area (Å²) in [6.07, 6.45) is 1.99. The molecule has 1 amide bonds. The van der Waals surface area contributed by atoms with Crippen LogP contribution in [0, 0.1) is 12.7 Å². The van der Waals surface area contributed by atoms with Crippen LogP contribution < -0.4 is 0 Å². The molecule has 0 N–H and O–H groups in total. The number of halogens is 1. The number of methoxy groups -OCH3 is 1. The lowest BCUT2D eigenvalue weighted by molar-refractivity contribution is -0.142. The standard InChI is InChI=1S/C19H27FN2O5S/c1-14-3-4-17(11-18(14)20)28(24,25)21-8-5-16(12-21)22(19(23)13-26-2)15-6-9-27-10-7-15/h3-4,11,15-16H,5-10,12-13H2,1-2H3. The normalized spacial score (nSPS) is 21.8. The lowest BCUT2D eigenvalue weighted by Crippen LogP contribution is -2.51. The molecule has 2 heterocycles. The number of amides is 1. The van der Waals surface area contributed by atoms with Crippen LogP contribution in [0.3, 0.4) is 0 Å². The largest absolute Gasteiger partial charge is 0.381 e. The van der Waals surface area contributed by atoms with Gasteiger partial charge in [-0.15, -0.1) is 0 Å². The molecular weight excluding hydrogens is 387 g/mol. The molecule has 2 aliphatic heterocycles. The van der Waals surface area contributed by atoms with Crippen LogP contribution in [0.25, 0.3) is 0 Å². The van der Waals surface area contributed by atoms with E-state index in [2.05, 4.69) is 0 Å². The van der Waals surface area contributed by atoms with Gasteiger partial charge in [-0.25, -0.2) is 12.8 Å². The van der Waals surface area contributed by atoms with E-state index in [9.17, 15) is 17.6 Å². The van der Waals surface area contributed by atoms with Gasteiger partial charge in [-0.3, -0.25) is 4.79 Å². The summed E-state index contributed by atoms with van der Waals surface area (Å²) < 4.78 is 51.5. The Balaban J connectivity index is 1.79. The molecule has 28 heavy (non-hydrogen) atoms. The zero-order valence-electron chi connectivity index (χ0n) is 16.3. The Bertz CT molecular complexity index is 811. The van der Waals surface area contributed by atoms with Crippen molar-refractivity contribution in [2.24, 2.45) is 0 Å². The summed E-state index contributed by atoms with van der Waals surface area (Å²) in [4.78, 5) is 14.4. The van der Waals surface area contributed by atoms with Crippen LogP contribution in [0.2, 0.25) is 0 Å². The summed E-state index contributed by atoms with van der Waals surface area (Å²) in [5.41, 5.74) is 0.397. The van der Waals surface area contributed by atoms with Crippen LogP contribution in [0.5, 0.6) is 0 Å². The van der Waals surface area contributed by atoms with E-state index in [1.165, 1.54) is 23.5 Å². The maximum atomic E-state index is 13.9. The van der Waals surface area contributed by atoms with E-state index < -0.39 is 15.8 Å². The van der Waals surface area contributed by atoms with Gasteiger partial charge in [-0.1, -0.05) is 6.07 Å². The molecule has 1 atom stereocenters. The average Bonchev–Trinajstić information content (AvgIpc) is 3.15. The Hall–Kier alpha value is -1.55. The fourth-order valence-electron chi connectivity index (χ4n) is 3.91. The first-order valence-electron chi connectivity index (χ1n) is 9.48. The molecule has 0 saturated carbocycles. The first-order chi connectivity index (χ1) is 13.3. The van der Waals surface area contributed by atoms with Gasteiger partial charge < -0.3 is 14.4 Å². The van der Waals surface area contributed by atoms with Crippen LogP contribution in [0.15, 0.2) is 23.1 Å². The molecule has 1 aromatic carbocycles. The lowest BCUT2D eigenvalue weighted by Gasteiger charge is -2.38. The highest BCUT2D eigenvalue weighted by molar-refractivity contribution is 7.89. The Morgan fingerprint density at radius 1 is 1.29 bits per heavy atom. The van der Waals surface area contributed by atoms with Gasteiger partial charge in [0.15, 0.2) is 0 Å². The Morgan fingerprint density at radius 3 is 2.64 bits per heavy atom. The topological polar surface area (TPSA) is 76.2 Å². The number of ether oxygens (including phenoxy) is 2. The Labute approximate surface area is 165 Å². The van der Waals surface area contributed by atoms with Gasteiger partial charge in [-0.05, 0) is 43.9 Å². The van der Waals surface area contributed by atoms with Crippen molar-refractivity contribution in [2.45, 2.75) is 43.2 Å². The van der Waals surface area contributed by atoms with E-state index in [-0.39, 0.29) is 36.0 Å². The number of hydrogen-bond acceptors (Lipinski definition) is 5. The molecule has 2 aliphatic rings. The maximum absolute atomic E-state index is 13.9. The molecule has 2 fully saturated rings. The predicted octanol–water partition coefficient (Wildman–Crippen LogP) is 1.55. The fourth-order valence-corrected chi connectivity index (χ4v) is 5.41. The minimum Gasteiger partial charge on any atom is -0.381 e. The molecule has 9 heteroatoms. The molecule has 156 valence electrons. The van der Waals surface area contributed by atoms with Crippen molar-refractivity contribution in [1.29, 1.82) is 0 Å². The number of rotatable bonds is 6. The van der Waals surface area contributed by atoms with Crippen molar-refractivity contribution in [3.8, 4) is 0 Å². The maximum Gasteiger partial charge on any atom is 0.249 e. The van der Waals surface area contributed by atoms with E-state index >= 15 is 0 Å². The van der Waals surface area contributed by atoms with Crippen molar-refractivity contribution in [3.63, 3.8) is 0 Å². The van der Waals surface area contributed by atoms with Crippen LogP contribution in [-0.2, 0) is 24.3 Å². The van der Waals surface area contributed by atoms with E-state index in [0.717, 1.165) is 18.9 Å². The molecule has 3 rings (SSSR count). The molecular formula is C19H27FN2O5S. The van der Waals surface area contributed by atoms with Crippen molar-refractivity contribution in [3.05, 3.63) is 29.6 Å². The molecule has 0 radical (unpaired) electrons. The van der Waals surface area contributed by atoms with Crippen LogP contribution in [0.1, 0.15) is 24.8 Å². The smallest absolute Gasteiger partial charge is 0.249 e. The SMILES string of the molecule is COCC(=O)N(C1CCOCC1)C1CCN(S(=O)(=O)c2ccc(C)c(F)c2)C1. The Kier molecular flexibility index (Phi) is 6.69. The number of nitrogens with zero attached hydrogens (tertiary/aromatic N) is 2. The molecule has 0 bridgehead atoms. The molecule has 2 saturated heterocycles. The van der Waals surface area contributed by atoms with E-state index in [4.69, 9.17) is 9.47 Å². The average molecular weight is 414 g/mol. The van der Waals surface area contributed by atoms with Gasteiger partial charge in [0.2, 0.25) is 15.9 Å². The monoisotopic (exact) mass is 414 g/mol.